The number of hydrogen-bond acceptors (Lipinski definition) is 6. The third kappa shape index (κ3) is 8.05. The van der Waals surface area contributed by atoms with Gasteiger partial charge in [-0.15, -0.1) is 0 Å². The van der Waals surface area contributed by atoms with Gasteiger partial charge in [0, 0.05) is 12.1 Å². The number of oxazole rings is 1. The van der Waals surface area contributed by atoms with Crippen LogP contribution >= 0.6 is 0 Å². The topological polar surface area (TPSA) is 143 Å². The molecule has 0 aliphatic heterocycles. The zero-order valence-corrected chi connectivity index (χ0v) is 19.3. The Hall–Kier alpha value is -3.36. The first-order valence-corrected chi connectivity index (χ1v) is 10.6. The third-order valence-electron chi connectivity index (χ3n) is 4.41. The van der Waals surface area contributed by atoms with E-state index >= 15 is 0 Å². The number of amides is 2. The molecule has 0 radical (unpaired) electrons. The van der Waals surface area contributed by atoms with Crippen molar-refractivity contribution in [3.05, 3.63) is 53.2 Å². The van der Waals surface area contributed by atoms with Gasteiger partial charge in [0.2, 0.25) is 5.89 Å². The van der Waals surface area contributed by atoms with Crippen molar-refractivity contribution in [1.82, 2.24) is 15.6 Å². The van der Waals surface area contributed by atoms with Crippen LogP contribution in [0.2, 0.25) is 0 Å². The number of carbonyl (C=O) groups excluding carboxylic acids is 2. The van der Waals surface area contributed by atoms with Crippen LogP contribution in [0.4, 0.5) is 4.79 Å². The Bertz CT molecular complexity index is 929. The minimum absolute atomic E-state index is 0.0172. The summed E-state index contributed by atoms with van der Waals surface area (Å²) in [7, 11) is 0. The van der Waals surface area contributed by atoms with Crippen molar-refractivity contribution in [2.75, 3.05) is 6.54 Å². The van der Waals surface area contributed by atoms with E-state index in [0.29, 0.717) is 24.9 Å². The maximum Gasteiger partial charge on any atom is 0.408 e. The van der Waals surface area contributed by atoms with Gasteiger partial charge in [0.05, 0.1) is 0 Å². The van der Waals surface area contributed by atoms with Crippen LogP contribution in [0.1, 0.15) is 74.6 Å². The van der Waals surface area contributed by atoms with E-state index in [1.807, 2.05) is 26.0 Å². The first-order chi connectivity index (χ1) is 14.9. The van der Waals surface area contributed by atoms with Gasteiger partial charge in [0.25, 0.3) is 5.91 Å². The molecular weight excluding hydrogens is 410 g/mol. The maximum absolute atomic E-state index is 12.5. The van der Waals surface area contributed by atoms with Crippen LogP contribution in [-0.4, -0.2) is 35.0 Å². The lowest BCUT2D eigenvalue weighted by atomic mass is 10.0. The van der Waals surface area contributed by atoms with Gasteiger partial charge in [-0.2, -0.15) is 0 Å². The summed E-state index contributed by atoms with van der Waals surface area (Å²) in [6, 6.07) is 6.78. The van der Waals surface area contributed by atoms with E-state index in [4.69, 9.17) is 20.3 Å². The summed E-state index contributed by atoms with van der Waals surface area (Å²) in [5, 5.41) is 13.0. The first kappa shape index (κ1) is 24.9. The van der Waals surface area contributed by atoms with Crippen molar-refractivity contribution in [2.24, 2.45) is 11.7 Å². The molecule has 32 heavy (non-hydrogen) atoms. The Morgan fingerprint density at radius 3 is 2.44 bits per heavy atom. The van der Waals surface area contributed by atoms with Crippen molar-refractivity contribution in [3.8, 4) is 0 Å². The molecule has 0 saturated heterocycles. The smallest absolute Gasteiger partial charge is 0.408 e. The van der Waals surface area contributed by atoms with Crippen molar-refractivity contribution in [3.63, 3.8) is 0 Å². The maximum atomic E-state index is 12.5. The summed E-state index contributed by atoms with van der Waals surface area (Å²) >= 11 is 0. The van der Waals surface area contributed by atoms with E-state index in [1.54, 1.807) is 32.9 Å². The monoisotopic (exact) mass is 443 g/mol. The number of alkyl carbamates (subject to hydrolysis) is 1. The van der Waals surface area contributed by atoms with Gasteiger partial charge in [-0.25, -0.2) is 9.78 Å². The van der Waals surface area contributed by atoms with E-state index in [2.05, 4.69) is 15.6 Å². The number of hydrogen-bond donors (Lipinski definition) is 4. The van der Waals surface area contributed by atoms with Gasteiger partial charge in [-0.3, -0.25) is 10.2 Å². The van der Waals surface area contributed by atoms with Gasteiger partial charge in [-0.1, -0.05) is 38.1 Å². The van der Waals surface area contributed by atoms with E-state index in [-0.39, 0.29) is 29.2 Å². The molecule has 2 amide bonds. The summed E-state index contributed by atoms with van der Waals surface area (Å²) in [6.07, 6.45) is 1.92. The fourth-order valence-electron chi connectivity index (χ4n) is 2.96. The second kappa shape index (κ2) is 10.8. The van der Waals surface area contributed by atoms with Gasteiger partial charge in [-0.05, 0) is 45.1 Å². The predicted octanol–water partition coefficient (Wildman–Crippen LogP) is 3.54. The fourth-order valence-corrected chi connectivity index (χ4v) is 2.96. The highest BCUT2D eigenvalue weighted by atomic mass is 16.6. The second-order valence-electron chi connectivity index (χ2n) is 9.02. The Morgan fingerprint density at radius 1 is 1.22 bits per heavy atom. The minimum atomic E-state index is -0.625. The lowest BCUT2D eigenvalue weighted by molar-refractivity contribution is 0.0489. The lowest BCUT2D eigenvalue weighted by Crippen LogP contribution is -2.35. The molecule has 0 aliphatic rings. The summed E-state index contributed by atoms with van der Waals surface area (Å²) in [5.41, 5.74) is 6.64. The first-order valence-electron chi connectivity index (χ1n) is 10.6. The number of benzene rings is 1. The Morgan fingerprint density at radius 2 is 1.88 bits per heavy atom. The van der Waals surface area contributed by atoms with Gasteiger partial charge >= 0.3 is 6.09 Å². The Balaban J connectivity index is 1.95. The van der Waals surface area contributed by atoms with Gasteiger partial charge in [0.15, 0.2) is 5.69 Å². The second-order valence-corrected chi connectivity index (χ2v) is 9.02. The number of rotatable bonds is 9. The molecule has 1 heterocycles. The van der Waals surface area contributed by atoms with E-state index < -0.39 is 17.7 Å². The van der Waals surface area contributed by atoms with Crippen LogP contribution in [0, 0.1) is 11.3 Å². The SMILES string of the molecule is CC(C)CC(NC(=O)OC(C)(C)C)c1nc(C(=O)NCCc2ccc(C(=N)N)cc2)co1. The molecule has 9 heteroatoms. The molecule has 0 fully saturated rings. The molecule has 1 unspecified atom stereocenters. The molecule has 5 N–H and O–H groups in total. The Kier molecular flexibility index (Phi) is 8.40. The molecule has 0 saturated carbocycles. The summed E-state index contributed by atoms with van der Waals surface area (Å²) in [4.78, 5) is 28.9. The number of nitrogen functional groups attached to an aromatic ring is 1. The molecule has 1 aromatic heterocycles. The van der Waals surface area contributed by atoms with Crippen LogP contribution in [-0.2, 0) is 11.2 Å². The molecule has 0 aliphatic carbocycles. The molecule has 0 bridgehead atoms. The molecule has 2 aromatic rings. The quantitative estimate of drug-likeness (QED) is 0.345. The van der Waals surface area contributed by atoms with Crippen LogP contribution in [0.15, 0.2) is 34.9 Å². The summed E-state index contributed by atoms with van der Waals surface area (Å²) < 4.78 is 10.8. The van der Waals surface area contributed by atoms with Crippen LogP contribution in [0.3, 0.4) is 0 Å². The highest BCUT2D eigenvalue weighted by Gasteiger charge is 2.25. The number of nitrogens with zero attached hydrogens (tertiary/aromatic N) is 1. The molecule has 174 valence electrons. The van der Waals surface area contributed by atoms with Crippen molar-refractivity contribution < 1.29 is 18.7 Å². The number of ether oxygens (including phenoxy) is 1. The average Bonchev–Trinajstić information content (AvgIpc) is 3.16. The van der Waals surface area contributed by atoms with Gasteiger partial charge in [0.1, 0.15) is 23.7 Å². The standard InChI is InChI=1S/C23H33N5O4/c1-14(2)12-17(28-22(30)32-23(3,4)5)21-27-18(13-31-21)20(29)26-11-10-15-6-8-16(9-7-15)19(24)25/h6-9,13-14,17H,10-12H2,1-5H3,(H3,24,25)(H,26,29)(H,28,30). The minimum Gasteiger partial charge on any atom is -0.446 e. The zero-order chi connectivity index (χ0) is 23.9. The van der Waals surface area contributed by atoms with Crippen LogP contribution in [0.5, 0.6) is 0 Å². The molecule has 0 spiro atoms. The molecule has 1 atom stereocenters. The zero-order valence-electron chi connectivity index (χ0n) is 19.3. The average molecular weight is 444 g/mol. The predicted molar refractivity (Wildman–Crippen MR) is 122 cm³/mol. The number of nitrogens with two attached hydrogens (primary N) is 1. The third-order valence-corrected chi connectivity index (χ3v) is 4.41. The molecule has 2 rings (SSSR count). The lowest BCUT2D eigenvalue weighted by Gasteiger charge is -2.23. The van der Waals surface area contributed by atoms with E-state index in [0.717, 1.165) is 5.56 Å². The van der Waals surface area contributed by atoms with Crippen molar-refractivity contribution in [1.29, 1.82) is 5.41 Å². The summed E-state index contributed by atoms with van der Waals surface area (Å²) in [5.74, 6) is 0.174. The normalized spacial score (nSPS) is 12.3. The number of carbonyl (C=O) groups is 2. The van der Waals surface area contributed by atoms with Crippen LogP contribution < -0.4 is 16.4 Å². The number of amidine groups is 1. The van der Waals surface area contributed by atoms with E-state index in [1.165, 1.54) is 6.26 Å². The van der Waals surface area contributed by atoms with Crippen molar-refractivity contribution in [2.45, 2.75) is 59.1 Å². The highest BCUT2D eigenvalue weighted by Crippen LogP contribution is 2.22. The van der Waals surface area contributed by atoms with Gasteiger partial charge < -0.3 is 25.5 Å². The summed E-state index contributed by atoms with van der Waals surface area (Å²) in [6.45, 7) is 9.80. The fraction of sp³-hybridized carbons (Fsp3) is 0.478. The Labute approximate surface area is 188 Å². The number of nitrogens with one attached hydrogen (secondary N) is 3. The highest BCUT2D eigenvalue weighted by molar-refractivity contribution is 5.94. The largest absolute Gasteiger partial charge is 0.446 e. The van der Waals surface area contributed by atoms with Crippen LogP contribution in [0.25, 0.3) is 0 Å². The molecular formula is C23H33N5O4. The van der Waals surface area contributed by atoms with E-state index in [9.17, 15) is 9.59 Å². The molecule has 1 aromatic carbocycles. The number of aromatic nitrogens is 1. The van der Waals surface area contributed by atoms with Crippen molar-refractivity contribution >= 4 is 17.8 Å². The molecule has 9 nitrogen and oxygen atoms in total.